The molecule has 12 heavy (non-hydrogen) atoms. The van der Waals surface area contributed by atoms with Crippen molar-refractivity contribution >= 4 is 8.80 Å². The number of rotatable bonds is 7. The molecule has 5 heteroatoms. The summed E-state index contributed by atoms with van der Waals surface area (Å²) in [4.78, 5) is 0. The zero-order chi connectivity index (χ0) is 9.45. The Hall–Kier alpha value is -0.363. The minimum absolute atomic E-state index is 0.505. The minimum atomic E-state index is -2.43. The predicted octanol–water partition coefficient (Wildman–Crippen LogP) is 1.02. The van der Waals surface area contributed by atoms with Crippen LogP contribution in [0.4, 0.5) is 0 Å². The predicted molar refractivity (Wildman–Crippen MR) is 47.7 cm³/mol. The Bertz CT molecular complexity index is 116. The monoisotopic (exact) mass is 192 g/mol. The third-order valence-corrected chi connectivity index (χ3v) is 4.26. The molecule has 0 unspecified atom stereocenters. The summed E-state index contributed by atoms with van der Waals surface area (Å²) in [6.45, 7) is 3.93. The Labute approximate surface area is 74.4 Å². The van der Waals surface area contributed by atoms with E-state index in [0.29, 0.717) is 12.7 Å². The molecule has 0 spiro atoms. The van der Waals surface area contributed by atoms with Crippen LogP contribution in [0.3, 0.4) is 0 Å². The van der Waals surface area contributed by atoms with E-state index in [2.05, 4.69) is 6.58 Å². The van der Waals surface area contributed by atoms with Crippen molar-refractivity contribution in [1.29, 1.82) is 0 Å². The van der Waals surface area contributed by atoms with Crippen LogP contribution in [0.5, 0.6) is 0 Å². The van der Waals surface area contributed by atoms with Crippen LogP contribution in [0.2, 0.25) is 6.04 Å². The molecule has 0 bridgehead atoms. The quantitative estimate of drug-likeness (QED) is 0.343. The summed E-state index contributed by atoms with van der Waals surface area (Å²) in [5.41, 5.74) is 0. The standard InChI is InChI=1S/C7H16O4Si/c1-5-11-6-7-12(8-2,9-3)10-4/h5H,1,6-7H2,2-4H3. The molecule has 0 radical (unpaired) electrons. The summed E-state index contributed by atoms with van der Waals surface area (Å²) in [6.07, 6.45) is 1.39. The van der Waals surface area contributed by atoms with Gasteiger partial charge in [-0.3, -0.25) is 0 Å². The fourth-order valence-electron chi connectivity index (χ4n) is 0.823. The van der Waals surface area contributed by atoms with Crippen LogP contribution >= 0.6 is 0 Å². The second-order valence-electron chi connectivity index (χ2n) is 2.08. The maximum atomic E-state index is 5.16. The van der Waals surface area contributed by atoms with E-state index in [1.165, 1.54) is 6.26 Å². The topological polar surface area (TPSA) is 36.9 Å². The fraction of sp³-hybridized carbons (Fsp3) is 0.714. The molecule has 0 heterocycles. The number of hydrogen-bond acceptors (Lipinski definition) is 4. The molecule has 0 saturated carbocycles. The first-order valence-corrected chi connectivity index (χ1v) is 5.56. The van der Waals surface area contributed by atoms with Gasteiger partial charge in [-0.15, -0.1) is 0 Å². The van der Waals surface area contributed by atoms with Crippen LogP contribution < -0.4 is 0 Å². The lowest BCUT2D eigenvalue weighted by Gasteiger charge is -2.23. The lowest BCUT2D eigenvalue weighted by molar-refractivity contribution is 0.114. The molecule has 72 valence electrons. The maximum absolute atomic E-state index is 5.16. The van der Waals surface area contributed by atoms with Crippen LogP contribution in [0.1, 0.15) is 0 Å². The van der Waals surface area contributed by atoms with E-state index < -0.39 is 8.80 Å². The highest BCUT2D eigenvalue weighted by Crippen LogP contribution is 2.11. The summed E-state index contributed by atoms with van der Waals surface area (Å²) in [5.74, 6) is 0. The molecule has 0 fully saturated rings. The molecule has 0 saturated heterocycles. The molecular weight excluding hydrogens is 176 g/mol. The zero-order valence-electron chi connectivity index (χ0n) is 7.83. The van der Waals surface area contributed by atoms with Crippen LogP contribution in [-0.2, 0) is 18.0 Å². The van der Waals surface area contributed by atoms with Crippen molar-refractivity contribution in [1.82, 2.24) is 0 Å². The molecule has 4 nitrogen and oxygen atoms in total. The van der Waals surface area contributed by atoms with Crippen molar-refractivity contribution in [3.8, 4) is 0 Å². The number of ether oxygens (including phenoxy) is 1. The Morgan fingerprint density at radius 2 is 1.67 bits per heavy atom. The van der Waals surface area contributed by atoms with Crippen molar-refractivity contribution in [3.63, 3.8) is 0 Å². The first kappa shape index (κ1) is 11.6. The van der Waals surface area contributed by atoms with E-state index in [1.54, 1.807) is 21.3 Å². The van der Waals surface area contributed by atoms with Gasteiger partial charge in [0.1, 0.15) is 0 Å². The summed E-state index contributed by atoms with van der Waals surface area (Å²) in [5, 5.41) is 0. The Morgan fingerprint density at radius 3 is 2.00 bits per heavy atom. The van der Waals surface area contributed by atoms with Crippen molar-refractivity contribution in [3.05, 3.63) is 12.8 Å². The Balaban J connectivity index is 3.84. The summed E-state index contributed by atoms with van der Waals surface area (Å²) >= 11 is 0. The van der Waals surface area contributed by atoms with Gasteiger partial charge < -0.3 is 18.0 Å². The fourth-order valence-corrected chi connectivity index (χ4v) is 2.30. The third-order valence-electron chi connectivity index (χ3n) is 1.58. The van der Waals surface area contributed by atoms with E-state index in [-0.39, 0.29) is 0 Å². The maximum Gasteiger partial charge on any atom is 0.503 e. The molecule has 0 rings (SSSR count). The molecule has 0 aromatic carbocycles. The molecule has 0 aliphatic carbocycles. The van der Waals surface area contributed by atoms with Crippen molar-refractivity contribution in [2.75, 3.05) is 27.9 Å². The van der Waals surface area contributed by atoms with Gasteiger partial charge in [0, 0.05) is 21.3 Å². The molecule has 0 amide bonds. The Morgan fingerprint density at radius 1 is 1.17 bits per heavy atom. The van der Waals surface area contributed by atoms with Crippen LogP contribution in [0.25, 0.3) is 0 Å². The zero-order valence-corrected chi connectivity index (χ0v) is 8.83. The van der Waals surface area contributed by atoms with Gasteiger partial charge in [0.05, 0.1) is 18.9 Å². The SMILES string of the molecule is C=COCC[Si](OC)(OC)OC. The van der Waals surface area contributed by atoms with Gasteiger partial charge in [-0.1, -0.05) is 6.58 Å². The van der Waals surface area contributed by atoms with Gasteiger partial charge in [0.15, 0.2) is 0 Å². The molecule has 0 aromatic rings. The molecule has 0 aliphatic heterocycles. The van der Waals surface area contributed by atoms with Gasteiger partial charge in [-0.05, 0) is 0 Å². The molecule has 0 N–H and O–H groups in total. The van der Waals surface area contributed by atoms with Crippen molar-refractivity contribution in [2.24, 2.45) is 0 Å². The van der Waals surface area contributed by atoms with Crippen molar-refractivity contribution in [2.45, 2.75) is 6.04 Å². The summed E-state index contributed by atoms with van der Waals surface area (Å²) in [7, 11) is 2.30. The van der Waals surface area contributed by atoms with E-state index in [4.69, 9.17) is 18.0 Å². The largest absolute Gasteiger partial charge is 0.503 e. The van der Waals surface area contributed by atoms with E-state index in [9.17, 15) is 0 Å². The van der Waals surface area contributed by atoms with Gasteiger partial charge in [0.2, 0.25) is 0 Å². The lowest BCUT2D eigenvalue weighted by Crippen LogP contribution is -2.43. The highest BCUT2D eigenvalue weighted by atomic mass is 28.4. The smallest absolute Gasteiger partial charge is 0.502 e. The highest BCUT2D eigenvalue weighted by molar-refractivity contribution is 6.60. The van der Waals surface area contributed by atoms with Crippen LogP contribution in [0.15, 0.2) is 12.8 Å². The van der Waals surface area contributed by atoms with Gasteiger partial charge in [-0.25, -0.2) is 0 Å². The van der Waals surface area contributed by atoms with E-state index >= 15 is 0 Å². The third kappa shape index (κ3) is 3.36. The first-order valence-electron chi connectivity index (χ1n) is 3.62. The molecule has 0 aromatic heterocycles. The molecule has 0 atom stereocenters. The van der Waals surface area contributed by atoms with Gasteiger partial charge in [-0.2, -0.15) is 0 Å². The molecular formula is C7H16O4Si. The second-order valence-corrected chi connectivity index (χ2v) is 5.17. The Kier molecular flexibility index (Phi) is 6.00. The second kappa shape index (κ2) is 6.19. The van der Waals surface area contributed by atoms with Crippen LogP contribution in [0, 0.1) is 0 Å². The lowest BCUT2D eigenvalue weighted by atomic mass is 10.8. The first-order chi connectivity index (χ1) is 5.74. The summed E-state index contributed by atoms with van der Waals surface area (Å²) in [6, 6.07) is 0.628. The van der Waals surface area contributed by atoms with Crippen molar-refractivity contribution < 1.29 is 18.0 Å². The van der Waals surface area contributed by atoms with E-state index in [1.807, 2.05) is 0 Å². The summed E-state index contributed by atoms with van der Waals surface area (Å²) < 4.78 is 20.4. The van der Waals surface area contributed by atoms with E-state index in [0.717, 1.165) is 0 Å². The van der Waals surface area contributed by atoms with Gasteiger partial charge in [0.25, 0.3) is 0 Å². The average Bonchev–Trinajstić information content (AvgIpc) is 2.14. The highest BCUT2D eigenvalue weighted by Gasteiger charge is 2.37. The van der Waals surface area contributed by atoms with Gasteiger partial charge >= 0.3 is 8.80 Å². The number of hydrogen-bond donors (Lipinski definition) is 0. The molecule has 0 aliphatic rings. The average molecular weight is 192 g/mol. The minimum Gasteiger partial charge on any atom is -0.502 e. The van der Waals surface area contributed by atoms with Crippen LogP contribution in [-0.4, -0.2) is 36.7 Å². The normalized spacial score (nSPS) is 11.2.